The number of hydrogen-bond donors (Lipinski definition) is 3. The first-order chi connectivity index (χ1) is 9.08. The summed E-state index contributed by atoms with van der Waals surface area (Å²) in [4.78, 5) is 23.0. The highest BCUT2D eigenvalue weighted by Gasteiger charge is 2.20. The van der Waals surface area contributed by atoms with Gasteiger partial charge >= 0.3 is 0 Å². The average Bonchev–Trinajstić information content (AvgIpc) is 2.39. The zero-order chi connectivity index (χ0) is 13.8. The lowest BCUT2D eigenvalue weighted by molar-refractivity contribution is -0.118. The molecular weight excluding hydrogens is 301 g/mol. The van der Waals surface area contributed by atoms with Crippen LogP contribution >= 0.6 is 24.0 Å². The molecule has 1 aliphatic rings. The van der Waals surface area contributed by atoms with E-state index < -0.39 is 5.91 Å². The highest BCUT2D eigenvalue weighted by atomic mass is 35.5. The van der Waals surface area contributed by atoms with Gasteiger partial charge in [-0.3, -0.25) is 9.59 Å². The molecule has 0 saturated carbocycles. The van der Waals surface area contributed by atoms with Crippen LogP contribution in [0.25, 0.3) is 0 Å². The summed E-state index contributed by atoms with van der Waals surface area (Å²) in [5.41, 5.74) is 5.97. The van der Waals surface area contributed by atoms with E-state index in [-0.39, 0.29) is 34.9 Å². The molecule has 1 heterocycles. The monoisotopic (exact) mass is 317 g/mol. The Morgan fingerprint density at radius 2 is 2.10 bits per heavy atom. The van der Waals surface area contributed by atoms with Crippen molar-refractivity contribution in [1.82, 2.24) is 5.32 Å². The highest BCUT2D eigenvalue weighted by Crippen LogP contribution is 2.21. The minimum absolute atomic E-state index is 0. The first kappa shape index (κ1) is 16.8. The summed E-state index contributed by atoms with van der Waals surface area (Å²) in [6, 6.07) is 4.49. The van der Waals surface area contributed by atoms with Crippen LogP contribution in [0.5, 0.6) is 0 Å². The molecule has 1 saturated heterocycles. The normalized spacial score (nSPS) is 17.9. The summed E-state index contributed by atoms with van der Waals surface area (Å²) < 4.78 is 0. The maximum absolute atomic E-state index is 12.0. The fraction of sp³-hybridized carbons (Fsp3) is 0.385. The number of carbonyl (C=O) groups is 2. The van der Waals surface area contributed by atoms with E-state index >= 15 is 0 Å². The Hall–Kier alpha value is -1.30. The van der Waals surface area contributed by atoms with Gasteiger partial charge in [0.2, 0.25) is 11.8 Å². The molecular formula is C13H17Cl2N3O2. The molecule has 1 fully saturated rings. The predicted octanol–water partition coefficient (Wildman–Crippen LogP) is 1.94. The number of hydrogen-bond acceptors (Lipinski definition) is 3. The predicted molar refractivity (Wildman–Crippen MR) is 81.5 cm³/mol. The second-order valence-electron chi connectivity index (χ2n) is 4.55. The highest BCUT2D eigenvalue weighted by molar-refractivity contribution is 6.34. The van der Waals surface area contributed by atoms with Gasteiger partial charge in [-0.1, -0.05) is 18.0 Å². The van der Waals surface area contributed by atoms with Gasteiger partial charge in [0, 0.05) is 5.69 Å². The summed E-state index contributed by atoms with van der Waals surface area (Å²) in [7, 11) is 0. The van der Waals surface area contributed by atoms with Gasteiger partial charge in [-0.15, -0.1) is 12.4 Å². The van der Waals surface area contributed by atoms with E-state index in [1.54, 1.807) is 6.07 Å². The van der Waals surface area contributed by atoms with Crippen LogP contribution in [0, 0.1) is 0 Å². The van der Waals surface area contributed by atoms with Gasteiger partial charge in [0.1, 0.15) is 0 Å². The number of nitrogens with two attached hydrogens (primary N) is 1. The summed E-state index contributed by atoms with van der Waals surface area (Å²) in [6.45, 7) is 0.861. The molecule has 0 aromatic heterocycles. The minimum Gasteiger partial charge on any atom is -0.366 e. The fourth-order valence-corrected chi connectivity index (χ4v) is 2.37. The zero-order valence-electron chi connectivity index (χ0n) is 10.8. The van der Waals surface area contributed by atoms with Crippen molar-refractivity contribution in [2.45, 2.75) is 25.3 Å². The Bertz CT molecular complexity index is 502. The van der Waals surface area contributed by atoms with E-state index in [4.69, 9.17) is 17.3 Å². The zero-order valence-corrected chi connectivity index (χ0v) is 12.4. The Morgan fingerprint density at radius 3 is 2.65 bits per heavy atom. The van der Waals surface area contributed by atoms with Crippen LogP contribution in [0.3, 0.4) is 0 Å². The number of primary amides is 1. The maximum atomic E-state index is 12.0. The molecule has 5 nitrogen and oxygen atoms in total. The Balaban J connectivity index is 0.00000200. The van der Waals surface area contributed by atoms with Gasteiger partial charge in [0.15, 0.2) is 0 Å². The van der Waals surface area contributed by atoms with E-state index in [2.05, 4.69) is 10.6 Å². The smallest absolute Gasteiger partial charge is 0.250 e. The minimum atomic E-state index is -0.586. The summed E-state index contributed by atoms with van der Waals surface area (Å²) in [6.07, 6.45) is 2.98. The average molecular weight is 318 g/mol. The van der Waals surface area contributed by atoms with Crippen molar-refractivity contribution in [2.24, 2.45) is 5.73 Å². The molecule has 4 N–H and O–H groups in total. The summed E-state index contributed by atoms with van der Waals surface area (Å²) >= 11 is 5.93. The van der Waals surface area contributed by atoms with Crippen LogP contribution in [-0.4, -0.2) is 24.4 Å². The maximum Gasteiger partial charge on any atom is 0.250 e. The van der Waals surface area contributed by atoms with Gasteiger partial charge in [0.05, 0.1) is 16.6 Å². The number of halogens is 2. The van der Waals surface area contributed by atoms with Crippen LogP contribution in [0.1, 0.15) is 29.6 Å². The molecule has 0 aliphatic carbocycles. The molecule has 1 aromatic rings. The van der Waals surface area contributed by atoms with Crippen molar-refractivity contribution >= 4 is 41.5 Å². The summed E-state index contributed by atoms with van der Waals surface area (Å²) in [5, 5.41) is 6.18. The van der Waals surface area contributed by atoms with Crippen LogP contribution in [-0.2, 0) is 4.79 Å². The number of amides is 2. The van der Waals surface area contributed by atoms with Crippen LogP contribution < -0.4 is 16.4 Å². The number of rotatable bonds is 3. The SMILES string of the molecule is Cl.NC(=O)c1ccc(NC(=O)[C@@H]2CCCCN2)cc1Cl. The van der Waals surface area contributed by atoms with Crippen molar-refractivity contribution in [2.75, 3.05) is 11.9 Å². The lowest BCUT2D eigenvalue weighted by Gasteiger charge is -2.22. The molecule has 1 atom stereocenters. The lowest BCUT2D eigenvalue weighted by Crippen LogP contribution is -2.43. The topological polar surface area (TPSA) is 84.2 Å². The molecule has 1 aliphatic heterocycles. The Morgan fingerprint density at radius 1 is 1.35 bits per heavy atom. The van der Waals surface area contributed by atoms with Crippen molar-refractivity contribution in [3.05, 3.63) is 28.8 Å². The fourth-order valence-electron chi connectivity index (χ4n) is 2.10. The van der Waals surface area contributed by atoms with E-state index in [0.29, 0.717) is 5.69 Å². The van der Waals surface area contributed by atoms with E-state index in [1.807, 2.05) is 0 Å². The van der Waals surface area contributed by atoms with Crippen molar-refractivity contribution < 1.29 is 9.59 Å². The standard InChI is InChI=1S/C13H16ClN3O2.ClH/c14-10-7-8(4-5-9(10)12(15)18)17-13(19)11-3-1-2-6-16-11;/h4-5,7,11,16H,1-3,6H2,(H2,15,18)(H,17,19);1H/t11-;/m0./s1. The molecule has 20 heavy (non-hydrogen) atoms. The second kappa shape index (κ2) is 7.47. The Kier molecular flexibility index (Phi) is 6.26. The number of anilines is 1. The van der Waals surface area contributed by atoms with Crippen molar-refractivity contribution in [3.8, 4) is 0 Å². The first-order valence-corrected chi connectivity index (χ1v) is 6.59. The molecule has 2 rings (SSSR count). The third kappa shape index (κ3) is 4.10. The van der Waals surface area contributed by atoms with Crippen LogP contribution in [0.2, 0.25) is 5.02 Å². The quantitative estimate of drug-likeness (QED) is 0.796. The third-order valence-electron chi connectivity index (χ3n) is 3.13. The van der Waals surface area contributed by atoms with Gasteiger partial charge in [-0.25, -0.2) is 0 Å². The number of benzene rings is 1. The number of piperidine rings is 1. The number of nitrogens with one attached hydrogen (secondary N) is 2. The second-order valence-corrected chi connectivity index (χ2v) is 4.96. The molecule has 2 amide bonds. The van der Waals surface area contributed by atoms with Gasteiger partial charge in [0.25, 0.3) is 0 Å². The molecule has 0 bridgehead atoms. The van der Waals surface area contributed by atoms with E-state index in [0.717, 1.165) is 25.8 Å². The number of carbonyl (C=O) groups excluding carboxylic acids is 2. The third-order valence-corrected chi connectivity index (χ3v) is 3.44. The van der Waals surface area contributed by atoms with E-state index in [1.165, 1.54) is 12.1 Å². The molecule has 7 heteroatoms. The molecule has 1 aromatic carbocycles. The van der Waals surface area contributed by atoms with Gasteiger partial charge in [-0.05, 0) is 37.6 Å². The van der Waals surface area contributed by atoms with E-state index in [9.17, 15) is 9.59 Å². The van der Waals surface area contributed by atoms with Crippen LogP contribution in [0.15, 0.2) is 18.2 Å². The molecule has 0 unspecified atom stereocenters. The molecule has 0 spiro atoms. The van der Waals surface area contributed by atoms with Crippen LogP contribution in [0.4, 0.5) is 5.69 Å². The lowest BCUT2D eigenvalue weighted by atomic mass is 10.0. The molecule has 0 radical (unpaired) electrons. The first-order valence-electron chi connectivity index (χ1n) is 6.21. The van der Waals surface area contributed by atoms with Crippen molar-refractivity contribution in [1.29, 1.82) is 0 Å². The van der Waals surface area contributed by atoms with Gasteiger partial charge < -0.3 is 16.4 Å². The molecule has 110 valence electrons. The largest absolute Gasteiger partial charge is 0.366 e. The van der Waals surface area contributed by atoms with Crippen molar-refractivity contribution in [3.63, 3.8) is 0 Å². The Labute approximate surface area is 128 Å². The van der Waals surface area contributed by atoms with Gasteiger partial charge in [-0.2, -0.15) is 0 Å². The summed E-state index contributed by atoms with van der Waals surface area (Å²) in [5.74, 6) is -0.667.